The van der Waals surface area contributed by atoms with Crippen LogP contribution in [-0.2, 0) is 16.0 Å². The van der Waals surface area contributed by atoms with E-state index in [1.54, 1.807) is 0 Å². The minimum Gasteiger partial charge on any atom is -0.338 e. The molecule has 0 aliphatic carbocycles. The van der Waals surface area contributed by atoms with Crippen LogP contribution in [-0.4, -0.2) is 53.3 Å². The topological polar surface area (TPSA) is 69.7 Å². The van der Waals surface area contributed by atoms with Crippen molar-refractivity contribution >= 4 is 29.4 Å². The molecule has 6 nitrogen and oxygen atoms in total. The van der Waals surface area contributed by atoms with Gasteiger partial charge < -0.3 is 9.80 Å². The lowest BCUT2D eigenvalue weighted by atomic mass is 10.1. The molecule has 0 bridgehead atoms. The Hall–Kier alpha value is -2.15. The van der Waals surface area contributed by atoms with Gasteiger partial charge in [0, 0.05) is 23.7 Å². The monoisotopic (exact) mass is 325 g/mol. The van der Waals surface area contributed by atoms with Gasteiger partial charge in [-0.15, -0.1) is 0 Å². The van der Waals surface area contributed by atoms with E-state index in [-0.39, 0.29) is 36.0 Å². The van der Waals surface area contributed by atoms with Crippen molar-refractivity contribution in [2.75, 3.05) is 19.6 Å². The highest BCUT2D eigenvalue weighted by Gasteiger charge is 2.42. The first kappa shape index (κ1) is 14.8. The number of carbonyl (C=O) groups is 3. The Kier molecular flexibility index (Phi) is 3.74. The number of carbonyl (C=O) groups excluding carboxylic acids is 3. The zero-order chi connectivity index (χ0) is 15.9. The fourth-order valence-corrected chi connectivity index (χ4v) is 2.93. The first-order valence-corrected chi connectivity index (χ1v) is 7.17. The molecule has 2 aliphatic rings. The van der Waals surface area contributed by atoms with Crippen molar-refractivity contribution in [3.8, 4) is 0 Å². The van der Waals surface area contributed by atoms with Gasteiger partial charge in [-0.2, -0.15) is 0 Å². The van der Waals surface area contributed by atoms with E-state index >= 15 is 0 Å². The normalized spacial score (nSPS) is 20.9. The highest BCUT2D eigenvalue weighted by Crippen LogP contribution is 2.21. The summed E-state index contributed by atoms with van der Waals surface area (Å²) in [4.78, 5) is 38.3. The third kappa shape index (κ3) is 2.52. The number of nitrogens with one attached hydrogen (secondary N) is 1. The summed E-state index contributed by atoms with van der Waals surface area (Å²) in [5, 5.41) is 2.41. The molecule has 2 aliphatic heterocycles. The Morgan fingerprint density at radius 1 is 1.36 bits per heavy atom. The van der Waals surface area contributed by atoms with Crippen molar-refractivity contribution in [3.05, 3.63) is 34.6 Å². The number of hydrogen-bond acceptors (Lipinski definition) is 3. The Bertz CT molecular complexity index is 646. The number of nitrogens with zero attached hydrogens (tertiary/aromatic N) is 2. The standard InChI is InChI=1S/C14H13ClFN3O3/c15-9-2-1-3-10(16)8(9)6-12(20)18-4-5-19-11(7-18)13(21)17-14(19)22/h1-3,11H,4-7H2,(H,17,21,22). The van der Waals surface area contributed by atoms with Crippen LogP contribution < -0.4 is 5.32 Å². The van der Waals surface area contributed by atoms with Crippen LogP contribution in [0.2, 0.25) is 5.02 Å². The van der Waals surface area contributed by atoms with Crippen LogP contribution in [0.1, 0.15) is 5.56 Å². The van der Waals surface area contributed by atoms with Gasteiger partial charge in [0.25, 0.3) is 5.91 Å². The zero-order valence-corrected chi connectivity index (χ0v) is 12.3. The van der Waals surface area contributed by atoms with Crippen molar-refractivity contribution in [1.82, 2.24) is 15.1 Å². The summed E-state index contributed by atoms with van der Waals surface area (Å²) in [5.74, 6) is -1.27. The maximum atomic E-state index is 13.7. The fourth-order valence-electron chi connectivity index (χ4n) is 2.70. The number of piperazine rings is 1. The van der Waals surface area contributed by atoms with Gasteiger partial charge >= 0.3 is 6.03 Å². The largest absolute Gasteiger partial charge is 0.338 e. The average Bonchev–Trinajstić information content (AvgIpc) is 2.77. The van der Waals surface area contributed by atoms with E-state index in [1.165, 1.54) is 28.0 Å². The molecule has 0 radical (unpaired) electrons. The van der Waals surface area contributed by atoms with E-state index < -0.39 is 23.8 Å². The predicted molar refractivity (Wildman–Crippen MR) is 75.7 cm³/mol. The van der Waals surface area contributed by atoms with Gasteiger partial charge in [0.1, 0.15) is 11.9 Å². The Morgan fingerprint density at radius 2 is 2.14 bits per heavy atom. The van der Waals surface area contributed by atoms with Crippen molar-refractivity contribution in [2.45, 2.75) is 12.5 Å². The minimum atomic E-state index is -0.665. The van der Waals surface area contributed by atoms with Gasteiger partial charge in [-0.25, -0.2) is 9.18 Å². The second-order valence-electron chi connectivity index (χ2n) is 5.22. The molecule has 2 fully saturated rings. The number of benzene rings is 1. The molecule has 0 spiro atoms. The highest BCUT2D eigenvalue weighted by atomic mass is 35.5. The second-order valence-corrected chi connectivity index (χ2v) is 5.63. The number of urea groups is 1. The van der Waals surface area contributed by atoms with Crippen LogP contribution >= 0.6 is 11.6 Å². The van der Waals surface area contributed by atoms with Gasteiger partial charge in [0.2, 0.25) is 5.91 Å². The van der Waals surface area contributed by atoms with Gasteiger partial charge in [-0.3, -0.25) is 14.9 Å². The summed E-state index contributed by atoms with van der Waals surface area (Å²) in [5.41, 5.74) is 0.142. The molecule has 3 rings (SSSR count). The lowest BCUT2D eigenvalue weighted by Crippen LogP contribution is -2.55. The molecule has 0 aromatic heterocycles. The molecular formula is C14H13ClFN3O3. The van der Waals surface area contributed by atoms with Crippen LogP contribution in [0.3, 0.4) is 0 Å². The Balaban J connectivity index is 1.72. The molecular weight excluding hydrogens is 313 g/mol. The number of rotatable bonds is 2. The number of hydrogen-bond donors (Lipinski definition) is 1. The SMILES string of the molecule is O=C1NC(=O)N2CCN(C(=O)Cc3c(F)cccc3Cl)CC12. The Morgan fingerprint density at radius 3 is 2.86 bits per heavy atom. The lowest BCUT2D eigenvalue weighted by molar-refractivity contribution is -0.134. The quantitative estimate of drug-likeness (QED) is 0.817. The molecule has 116 valence electrons. The van der Waals surface area contributed by atoms with E-state index in [2.05, 4.69) is 5.32 Å². The summed E-state index contributed by atoms with van der Waals surface area (Å²) >= 11 is 5.92. The molecule has 2 heterocycles. The molecule has 1 N–H and O–H groups in total. The molecule has 1 atom stereocenters. The van der Waals surface area contributed by atoms with Gasteiger partial charge in [0.05, 0.1) is 13.0 Å². The summed E-state index contributed by atoms with van der Waals surface area (Å²) in [6, 6.07) is 3.14. The molecule has 0 saturated carbocycles. The second kappa shape index (κ2) is 5.57. The van der Waals surface area contributed by atoms with E-state index in [9.17, 15) is 18.8 Å². The van der Waals surface area contributed by atoms with Crippen LogP contribution in [0.4, 0.5) is 9.18 Å². The zero-order valence-electron chi connectivity index (χ0n) is 11.5. The van der Waals surface area contributed by atoms with Crippen LogP contribution in [0.15, 0.2) is 18.2 Å². The van der Waals surface area contributed by atoms with E-state index in [0.717, 1.165) is 0 Å². The summed E-state index contributed by atoms with van der Waals surface area (Å²) < 4.78 is 13.7. The fraction of sp³-hybridized carbons (Fsp3) is 0.357. The van der Waals surface area contributed by atoms with E-state index in [0.29, 0.717) is 6.54 Å². The Labute approximate surface area is 130 Å². The molecule has 1 aromatic rings. The first-order valence-electron chi connectivity index (χ1n) is 6.79. The van der Waals surface area contributed by atoms with Crippen LogP contribution in [0, 0.1) is 5.82 Å². The molecule has 22 heavy (non-hydrogen) atoms. The first-order chi connectivity index (χ1) is 10.5. The molecule has 8 heteroatoms. The number of amides is 4. The van der Waals surface area contributed by atoms with Gasteiger partial charge in [-0.1, -0.05) is 17.7 Å². The maximum Gasteiger partial charge on any atom is 0.324 e. The smallest absolute Gasteiger partial charge is 0.324 e. The van der Waals surface area contributed by atoms with E-state index in [1.807, 2.05) is 0 Å². The van der Waals surface area contributed by atoms with Crippen LogP contribution in [0.25, 0.3) is 0 Å². The molecule has 2 saturated heterocycles. The van der Waals surface area contributed by atoms with Crippen molar-refractivity contribution < 1.29 is 18.8 Å². The van der Waals surface area contributed by atoms with Gasteiger partial charge in [0.15, 0.2) is 0 Å². The average molecular weight is 326 g/mol. The summed E-state index contributed by atoms with van der Waals surface area (Å²) in [6.45, 7) is 0.698. The van der Waals surface area contributed by atoms with Crippen molar-refractivity contribution in [3.63, 3.8) is 0 Å². The minimum absolute atomic E-state index is 0.114. The molecule has 4 amide bonds. The maximum absolute atomic E-state index is 13.7. The summed E-state index contributed by atoms with van der Waals surface area (Å²) in [6.07, 6.45) is -0.173. The van der Waals surface area contributed by atoms with Crippen molar-refractivity contribution in [1.29, 1.82) is 0 Å². The number of fused-ring (bicyclic) bond motifs is 1. The number of imide groups is 1. The lowest BCUT2D eigenvalue weighted by Gasteiger charge is -2.35. The third-order valence-electron chi connectivity index (χ3n) is 3.92. The van der Waals surface area contributed by atoms with Crippen LogP contribution in [0.5, 0.6) is 0 Å². The molecule has 1 aromatic carbocycles. The highest BCUT2D eigenvalue weighted by molar-refractivity contribution is 6.31. The summed E-state index contributed by atoms with van der Waals surface area (Å²) in [7, 11) is 0. The third-order valence-corrected chi connectivity index (χ3v) is 4.27. The van der Waals surface area contributed by atoms with E-state index in [4.69, 9.17) is 11.6 Å². The number of halogens is 2. The predicted octanol–water partition coefficient (Wildman–Crippen LogP) is 0.784. The molecule has 1 unspecified atom stereocenters. The van der Waals surface area contributed by atoms with Gasteiger partial charge in [-0.05, 0) is 12.1 Å². The van der Waals surface area contributed by atoms with Crippen molar-refractivity contribution in [2.24, 2.45) is 0 Å².